The zero-order valence-corrected chi connectivity index (χ0v) is 15.4. The summed E-state index contributed by atoms with van der Waals surface area (Å²) in [4.78, 5) is 23.3. The topological polar surface area (TPSA) is 111 Å². The summed E-state index contributed by atoms with van der Waals surface area (Å²) in [5.41, 5.74) is 9.29. The fraction of sp³-hybridized carbons (Fsp3) is 0.500. The molecule has 136 valence electrons. The summed E-state index contributed by atoms with van der Waals surface area (Å²) in [7, 11) is 1.64. The van der Waals surface area contributed by atoms with Crippen molar-refractivity contribution in [1.82, 2.24) is 5.43 Å². The third-order valence-corrected chi connectivity index (χ3v) is 3.55. The van der Waals surface area contributed by atoms with E-state index in [1.54, 1.807) is 17.4 Å². The number of amides is 3. The van der Waals surface area contributed by atoms with Crippen LogP contribution < -0.4 is 21.9 Å². The molecule has 1 aromatic rings. The Morgan fingerprint density at radius 1 is 1.42 bits per heavy atom. The quantitative estimate of drug-likeness (QED) is 0.311. The minimum Gasteiger partial charge on any atom is -0.383 e. The lowest BCUT2D eigenvalue weighted by atomic mass is 10.0. The number of ether oxygens (including phenoxy) is 1. The summed E-state index contributed by atoms with van der Waals surface area (Å²) in [6.07, 6.45) is 0.878. The molecule has 1 atom stereocenters. The molecule has 7 nitrogen and oxygen atoms in total. The number of methoxy groups -OCH3 is 1. The zero-order chi connectivity index (χ0) is 18.7. The Morgan fingerprint density at radius 3 is 2.42 bits per heavy atom. The predicted molar refractivity (Wildman–Crippen MR) is 97.0 cm³/mol. The predicted octanol–water partition coefficient (Wildman–Crippen LogP) is 1.69. The second-order valence-electron chi connectivity index (χ2n) is 5.15. The Kier molecular flexibility index (Phi) is 10.8. The zero-order valence-electron chi connectivity index (χ0n) is 14.6. The first-order valence-electron chi connectivity index (χ1n) is 7.55. The van der Waals surface area contributed by atoms with E-state index in [0.717, 1.165) is 23.2 Å². The lowest BCUT2D eigenvalue weighted by Crippen LogP contribution is -2.43. The van der Waals surface area contributed by atoms with E-state index in [2.05, 4.69) is 24.6 Å². The van der Waals surface area contributed by atoms with Gasteiger partial charge >= 0.3 is 6.03 Å². The highest BCUT2D eigenvalue weighted by molar-refractivity contribution is 6.29. The number of aryl methyl sites for hydroxylation is 2. The van der Waals surface area contributed by atoms with Crippen molar-refractivity contribution in [2.75, 3.05) is 24.5 Å². The van der Waals surface area contributed by atoms with Crippen LogP contribution in [0.5, 0.6) is 0 Å². The summed E-state index contributed by atoms with van der Waals surface area (Å²) in [6.45, 7) is 6.56. The van der Waals surface area contributed by atoms with Gasteiger partial charge in [0.05, 0.1) is 18.3 Å². The van der Waals surface area contributed by atoms with Crippen LogP contribution >= 0.6 is 11.6 Å². The third-order valence-electron chi connectivity index (χ3n) is 3.32. The average molecular weight is 359 g/mol. The largest absolute Gasteiger partial charge is 0.383 e. The van der Waals surface area contributed by atoms with Crippen molar-refractivity contribution in [2.24, 2.45) is 11.6 Å². The number of hydrogen-bond acceptors (Lipinski definition) is 4. The molecule has 1 aromatic carbocycles. The van der Waals surface area contributed by atoms with Crippen LogP contribution in [0, 0.1) is 6.92 Å². The number of hydrazine groups is 1. The second-order valence-corrected chi connectivity index (χ2v) is 5.41. The van der Waals surface area contributed by atoms with Gasteiger partial charge in [0.1, 0.15) is 5.88 Å². The normalized spacial score (nSPS) is 11.1. The van der Waals surface area contributed by atoms with Gasteiger partial charge in [0, 0.05) is 7.11 Å². The maximum Gasteiger partial charge on any atom is 0.326 e. The van der Waals surface area contributed by atoms with Crippen LogP contribution in [-0.2, 0) is 16.0 Å². The maximum atomic E-state index is 12.2. The van der Waals surface area contributed by atoms with Crippen molar-refractivity contribution in [2.45, 2.75) is 33.2 Å². The van der Waals surface area contributed by atoms with Gasteiger partial charge in [-0.25, -0.2) is 10.6 Å². The highest BCUT2D eigenvalue weighted by Gasteiger charge is 2.24. The van der Waals surface area contributed by atoms with E-state index in [1.807, 2.05) is 26.0 Å². The monoisotopic (exact) mass is 358 g/mol. The molecular formula is C16H27ClN4O3. The van der Waals surface area contributed by atoms with Crippen LogP contribution in [-0.4, -0.2) is 37.6 Å². The van der Waals surface area contributed by atoms with Crippen LogP contribution in [0.4, 0.5) is 10.5 Å². The molecule has 0 aromatic heterocycles. The second kappa shape index (κ2) is 11.7. The highest BCUT2D eigenvalue weighted by Crippen LogP contribution is 2.28. The number of para-hydroxylation sites is 1. The first kappa shape index (κ1) is 22.2. The standard InChI is InChI=1S/C15H22ClNO2.CH5N3O/c1-5-13-8-6-7-11(2)15(13)17(14(18)9-16)12(3)10-19-4;2-1(5)4-3/h6-8,12H,5,9-10H2,1-4H3;3H2,(H3,2,4,5). The van der Waals surface area contributed by atoms with E-state index in [9.17, 15) is 9.59 Å². The number of nitrogens with two attached hydrogens (primary N) is 2. The van der Waals surface area contributed by atoms with Crippen molar-refractivity contribution < 1.29 is 14.3 Å². The molecular weight excluding hydrogens is 332 g/mol. The molecule has 0 fully saturated rings. The smallest absolute Gasteiger partial charge is 0.326 e. The van der Waals surface area contributed by atoms with Gasteiger partial charge in [-0.05, 0) is 31.4 Å². The number of carbonyl (C=O) groups excluding carboxylic acids is 2. The molecule has 0 aliphatic heterocycles. The number of rotatable bonds is 6. The number of hydrogen-bond donors (Lipinski definition) is 3. The van der Waals surface area contributed by atoms with Crippen molar-refractivity contribution in [3.8, 4) is 0 Å². The number of urea groups is 1. The van der Waals surface area contributed by atoms with Crippen molar-refractivity contribution in [1.29, 1.82) is 0 Å². The maximum absolute atomic E-state index is 12.2. The Balaban J connectivity index is 0.000000922. The number of carbonyl (C=O) groups is 2. The van der Waals surface area contributed by atoms with Gasteiger partial charge in [-0.1, -0.05) is 25.1 Å². The summed E-state index contributed by atoms with van der Waals surface area (Å²) in [5.74, 6) is 4.34. The molecule has 1 rings (SSSR count). The van der Waals surface area contributed by atoms with Crippen LogP contribution in [0.25, 0.3) is 0 Å². The third kappa shape index (κ3) is 6.74. The molecule has 8 heteroatoms. The molecule has 24 heavy (non-hydrogen) atoms. The number of primary amides is 1. The number of anilines is 1. The molecule has 0 aliphatic rings. The number of nitrogens with zero attached hydrogens (tertiary/aromatic N) is 1. The van der Waals surface area contributed by atoms with Crippen LogP contribution in [0.1, 0.15) is 25.0 Å². The SMILES string of the molecule is CCc1cccc(C)c1N(C(=O)CCl)C(C)COC.NNC(N)=O. The molecule has 0 radical (unpaired) electrons. The number of halogens is 1. The lowest BCUT2D eigenvalue weighted by Gasteiger charge is -2.31. The highest BCUT2D eigenvalue weighted by atomic mass is 35.5. The van der Waals surface area contributed by atoms with E-state index in [0.29, 0.717) is 6.61 Å². The molecule has 3 amide bonds. The molecule has 5 N–H and O–H groups in total. The number of alkyl halides is 1. The van der Waals surface area contributed by atoms with Crippen molar-refractivity contribution >= 4 is 29.2 Å². The summed E-state index contributed by atoms with van der Waals surface area (Å²) in [5, 5.41) is 0. The van der Waals surface area contributed by atoms with E-state index in [1.165, 1.54) is 0 Å². The average Bonchev–Trinajstić information content (AvgIpc) is 2.56. The number of nitrogens with one attached hydrogen (secondary N) is 1. The van der Waals surface area contributed by atoms with Crippen LogP contribution in [0.2, 0.25) is 0 Å². The van der Waals surface area contributed by atoms with Gasteiger partial charge in [-0.3, -0.25) is 10.2 Å². The fourth-order valence-corrected chi connectivity index (χ4v) is 2.45. The lowest BCUT2D eigenvalue weighted by molar-refractivity contribution is -0.116. The Hall–Kier alpha value is -1.83. The molecule has 0 heterocycles. The van der Waals surface area contributed by atoms with Gasteiger partial charge in [0.2, 0.25) is 5.91 Å². The molecule has 1 unspecified atom stereocenters. The fourth-order valence-electron chi connectivity index (χ4n) is 2.32. The molecule has 0 saturated carbocycles. The molecule has 0 bridgehead atoms. The van der Waals surface area contributed by atoms with Gasteiger partial charge in [0.25, 0.3) is 0 Å². The molecule has 0 spiro atoms. The number of benzene rings is 1. The van der Waals surface area contributed by atoms with E-state index >= 15 is 0 Å². The first-order valence-corrected chi connectivity index (χ1v) is 8.08. The van der Waals surface area contributed by atoms with E-state index in [-0.39, 0.29) is 17.8 Å². The molecule has 0 saturated heterocycles. The first-order chi connectivity index (χ1) is 11.3. The van der Waals surface area contributed by atoms with Crippen LogP contribution in [0.3, 0.4) is 0 Å². The summed E-state index contributed by atoms with van der Waals surface area (Å²) < 4.78 is 5.18. The summed E-state index contributed by atoms with van der Waals surface area (Å²) in [6, 6.07) is 5.33. The molecule has 0 aliphatic carbocycles. The Bertz CT molecular complexity index is 540. The minimum atomic E-state index is -0.718. The van der Waals surface area contributed by atoms with Gasteiger partial charge in [-0.15, -0.1) is 11.6 Å². The van der Waals surface area contributed by atoms with Gasteiger partial charge in [0.15, 0.2) is 0 Å². The minimum absolute atomic E-state index is 0.0223. The summed E-state index contributed by atoms with van der Waals surface area (Å²) >= 11 is 5.76. The van der Waals surface area contributed by atoms with Gasteiger partial charge in [-0.2, -0.15) is 0 Å². The Morgan fingerprint density at radius 2 is 2.00 bits per heavy atom. The Labute approximate surface area is 148 Å². The van der Waals surface area contributed by atoms with Crippen LogP contribution in [0.15, 0.2) is 18.2 Å². The van der Waals surface area contributed by atoms with E-state index in [4.69, 9.17) is 16.3 Å². The van der Waals surface area contributed by atoms with Gasteiger partial charge < -0.3 is 15.4 Å². The van der Waals surface area contributed by atoms with Crippen molar-refractivity contribution in [3.05, 3.63) is 29.3 Å². The van der Waals surface area contributed by atoms with E-state index < -0.39 is 6.03 Å². The van der Waals surface area contributed by atoms with Crippen molar-refractivity contribution in [3.63, 3.8) is 0 Å².